The number of aromatic nitrogens is 2. The Kier molecular flexibility index (Phi) is 7.59. The molecule has 0 radical (unpaired) electrons. The lowest BCUT2D eigenvalue weighted by Crippen LogP contribution is -2.46. The molecule has 1 aliphatic carbocycles. The van der Waals surface area contributed by atoms with E-state index in [9.17, 15) is 9.18 Å². The number of primary amides is 1. The zero-order valence-corrected chi connectivity index (χ0v) is 17.7. The number of pyridine rings is 2. The fraction of sp³-hybridized carbons (Fsp3) is 0.476. The molecule has 0 unspecified atom stereocenters. The number of nitrogens with one attached hydrogen (secondary N) is 2. The second kappa shape index (κ2) is 10.4. The highest BCUT2D eigenvalue weighted by Gasteiger charge is 2.31. The Balaban J connectivity index is 1.85. The van der Waals surface area contributed by atoms with Crippen molar-refractivity contribution in [2.24, 2.45) is 17.4 Å². The van der Waals surface area contributed by atoms with Gasteiger partial charge in [-0.2, -0.15) is 0 Å². The van der Waals surface area contributed by atoms with Gasteiger partial charge in [-0.1, -0.05) is 6.42 Å². The molecule has 0 saturated heterocycles. The third kappa shape index (κ3) is 5.80. The summed E-state index contributed by atoms with van der Waals surface area (Å²) in [6.45, 7) is 2.64. The summed E-state index contributed by atoms with van der Waals surface area (Å²) in [5.74, 6) is -0.586. The molecule has 0 bridgehead atoms. The fourth-order valence-corrected chi connectivity index (χ4v) is 3.44. The average Bonchev–Trinajstić information content (AvgIpc) is 2.68. The Morgan fingerprint density at radius 2 is 2.10 bits per heavy atom. The molecule has 1 saturated carbocycles. The van der Waals surface area contributed by atoms with Crippen LogP contribution in [0.2, 0.25) is 0 Å². The molecule has 0 aliphatic heterocycles. The number of anilines is 3. The molecule has 2 heterocycles. The number of carbonyl (C=O) groups excluding carboxylic acids is 1. The van der Waals surface area contributed by atoms with Crippen LogP contribution >= 0.6 is 0 Å². The number of hydrogen-bond donors (Lipinski definition) is 4. The van der Waals surface area contributed by atoms with Crippen molar-refractivity contribution in [3.8, 4) is 5.88 Å². The first-order valence-corrected chi connectivity index (χ1v) is 10.3. The lowest BCUT2D eigenvalue weighted by Gasteiger charge is -2.37. The Hall–Kier alpha value is -2.98. The monoisotopic (exact) mass is 432 g/mol. The molecule has 0 spiro atoms. The quantitative estimate of drug-likeness (QED) is 0.397. The second-order valence-electron chi connectivity index (χ2n) is 7.65. The average molecular weight is 433 g/mol. The van der Waals surface area contributed by atoms with Crippen molar-refractivity contribution in [3.63, 3.8) is 0 Å². The highest BCUT2D eigenvalue weighted by molar-refractivity contribution is 5.98. The minimum Gasteiger partial charge on any atom is -0.475 e. The SMILES string of the molecule is COCCOc1cc(Nc2nc(N[C@H](C3CCC3)[C@H](C)N)c(F)cc2C(N)=O)ccn1. The van der Waals surface area contributed by atoms with Gasteiger partial charge in [-0.15, -0.1) is 0 Å². The third-order valence-corrected chi connectivity index (χ3v) is 5.30. The van der Waals surface area contributed by atoms with E-state index in [1.807, 2.05) is 6.92 Å². The van der Waals surface area contributed by atoms with Crippen LogP contribution in [0.3, 0.4) is 0 Å². The van der Waals surface area contributed by atoms with Crippen molar-refractivity contribution in [2.75, 3.05) is 31.0 Å². The summed E-state index contributed by atoms with van der Waals surface area (Å²) < 4.78 is 25.2. The largest absolute Gasteiger partial charge is 0.475 e. The number of carbonyl (C=O) groups is 1. The highest BCUT2D eigenvalue weighted by Crippen LogP contribution is 2.33. The van der Waals surface area contributed by atoms with Gasteiger partial charge in [0.05, 0.1) is 12.2 Å². The smallest absolute Gasteiger partial charge is 0.252 e. The molecule has 1 aliphatic rings. The van der Waals surface area contributed by atoms with Crippen molar-refractivity contribution in [1.29, 1.82) is 0 Å². The topological polar surface area (TPSA) is 137 Å². The van der Waals surface area contributed by atoms with Gasteiger partial charge in [0, 0.05) is 37.1 Å². The molecular weight excluding hydrogens is 403 g/mol. The van der Waals surface area contributed by atoms with Gasteiger partial charge in [0.25, 0.3) is 5.91 Å². The van der Waals surface area contributed by atoms with E-state index in [4.69, 9.17) is 20.9 Å². The molecule has 3 rings (SSSR count). The van der Waals surface area contributed by atoms with Crippen molar-refractivity contribution >= 4 is 23.2 Å². The highest BCUT2D eigenvalue weighted by atomic mass is 19.1. The third-order valence-electron chi connectivity index (χ3n) is 5.30. The predicted molar refractivity (Wildman–Crippen MR) is 116 cm³/mol. The predicted octanol–water partition coefficient (Wildman–Crippen LogP) is 2.41. The number of nitrogens with zero attached hydrogens (tertiary/aromatic N) is 2. The number of halogens is 1. The normalized spacial score (nSPS) is 15.6. The number of rotatable bonds is 11. The van der Waals surface area contributed by atoms with E-state index >= 15 is 0 Å². The maximum Gasteiger partial charge on any atom is 0.252 e. The van der Waals surface area contributed by atoms with Crippen LogP contribution in [0, 0.1) is 11.7 Å². The molecule has 6 N–H and O–H groups in total. The molecule has 9 nitrogen and oxygen atoms in total. The van der Waals surface area contributed by atoms with Gasteiger partial charge in [-0.25, -0.2) is 14.4 Å². The van der Waals surface area contributed by atoms with Gasteiger partial charge in [0.15, 0.2) is 11.6 Å². The molecule has 1 fully saturated rings. The van der Waals surface area contributed by atoms with Crippen molar-refractivity contribution < 1.29 is 18.7 Å². The number of amides is 1. The first kappa shape index (κ1) is 22.7. The minimum absolute atomic E-state index is 0.0207. The Labute approximate surface area is 180 Å². The maximum absolute atomic E-state index is 14.7. The lowest BCUT2D eigenvalue weighted by atomic mass is 9.77. The Bertz CT molecular complexity index is 907. The Morgan fingerprint density at radius 1 is 1.32 bits per heavy atom. The van der Waals surface area contributed by atoms with Crippen LogP contribution in [0.1, 0.15) is 36.5 Å². The summed E-state index contributed by atoms with van der Waals surface area (Å²) in [7, 11) is 1.58. The molecule has 168 valence electrons. The van der Waals surface area contributed by atoms with Crippen LogP contribution in [0.5, 0.6) is 5.88 Å². The fourth-order valence-electron chi connectivity index (χ4n) is 3.44. The van der Waals surface area contributed by atoms with Crippen LogP contribution in [-0.2, 0) is 4.74 Å². The zero-order valence-electron chi connectivity index (χ0n) is 17.7. The van der Waals surface area contributed by atoms with E-state index in [0.717, 1.165) is 25.3 Å². The number of ether oxygens (including phenoxy) is 2. The summed E-state index contributed by atoms with van der Waals surface area (Å²) in [5.41, 5.74) is 12.1. The van der Waals surface area contributed by atoms with Gasteiger partial charge in [0.1, 0.15) is 12.4 Å². The maximum atomic E-state index is 14.7. The van der Waals surface area contributed by atoms with Gasteiger partial charge in [-0.05, 0) is 37.8 Å². The van der Waals surface area contributed by atoms with Crippen LogP contribution in [0.4, 0.5) is 21.7 Å². The van der Waals surface area contributed by atoms with Crippen LogP contribution < -0.4 is 26.8 Å². The lowest BCUT2D eigenvalue weighted by molar-refractivity contribution is 0.100. The summed E-state index contributed by atoms with van der Waals surface area (Å²) in [6, 6.07) is 4.08. The van der Waals surface area contributed by atoms with Gasteiger partial charge < -0.3 is 31.6 Å². The summed E-state index contributed by atoms with van der Waals surface area (Å²) in [4.78, 5) is 20.3. The summed E-state index contributed by atoms with van der Waals surface area (Å²) in [5, 5.41) is 6.14. The standard InChI is InChI=1S/C21H29FN6O3/c1-12(23)18(13-4-3-5-13)27-21-16(22)11-15(19(24)29)20(28-21)26-14-6-7-25-17(10-14)31-9-8-30-2/h6-7,10-13,18H,3-5,8-9,23H2,1-2H3,(H2,24,29)(H2,25,26,27,28)/t12-,18-/m0/s1. The molecular formula is C21H29FN6O3. The van der Waals surface area contributed by atoms with Crippen LogP contribution in [0.15, 0.2) is 24.4 Å². The molecule has 1 amide bonds. The van der Waals surface area contributed by atoms with E-state index in [-0.39, 0.29) is 29.3 Å². The Morgan fingerprint density at radius 3 is 2.71 bits per heavy atom. The molecule has 31 heavy (non-hydrogen) atoms. The van der Waals surface area contributed by atoms with Crippen molar-refractivity contribution in [2.45, 2.75) is 38.3 Å². The molecule has 2 atom stereocenters. The first-order valence-electron chi connectivity index (χ1n) is 10.3. The first-order chi connectivity index (χ1) is 14.9. The van der Waals surface area contributed by atoms with Crippen LogP contribution in [0.25, 0.3) is 0 Å². The van der Waals surface area contributed by atoms with Crippen LogP contribution in [-0.4, -0.2) is 48.3 Å². The van der Waals surface area contributed by atoms with E-state index in [1.54, 1.807) is 25.4 Å². The van der Waals surface area contributed by atoms with Gasteiger partial charge in [0.2, 0.25) is 5.88 Å². The zero-order chi connectivity index (χ0) is 22.4. The number of hydrogen-bond acceptors (Lipinski definition) is 8. The molecule has 10 heteroatoms. The molecule has 0 aromatic carbocycles. The molecule has 2 aromatic heterocycles. The van der Waals surface area contributed by atoms with E-state index in [2.05, 4.69) is 20.6 Å². The second-order valence-corrected chi connectivity index (χ2v) is 7.65. The minimum atomic E-state index is -0.797. The van der Waals surface area contributed by atoms with E-state index in [0.29, 0.717) is 30.7 Å². The van der Waals surface area contributed by atoms with E-state index < -0.39 is 11.7 Å². The number of methoxy groups -OCH3 is 1. The van der Waals surface area contributed by atoms with E-state index in [1.165, 1.54) is 0 Å². The van der Waals surface area contributed by atoms with Gasteiger partial charge >= 0.3 is 0 Å². The summed E-state index contributed by atoms with van der Waals surface area (Å²) >= 11 is 0. The van der Waals surface area contributed by atoms with Crippen molar-refractivity contribution in [1.82, 2.24) is 9.97 Å². The molecule has 2 aromatic rings. The van der Waals surface area contributed by atoms with Crippen molar-refractivity contribution in [3.05, 3.63) is 35.8 Å². The summed E-state index contributed by atoms with van der Waals surface area (Å²) in [6.07, 6.45) is 4.75. The van der Waals surface area contributed by atoms with Gasteiger partial charge in [-0.3, -0.25) is 4.79 Å². The number of nitrogens with two attached hydrogens (primary N) is 2.